The number of aliphatic hydroxyl groups is 4. The van der Waals surface area contributed by atoms with Crippen LogP contribution in [-0.2, 0) is 49.2 Å². The summed E-state index contributed by atoms with van der Waals surface area (Å²) in [5, 5.41) is 52.9. The van der Waals surface area contributed by atoms with Gasteiger partial charge in [-0.05, 0) is 98.3 Å². The Morgan fingerprint density at radius 3 is 2.22 bits per heavy atom. The molecule has 3 aliphatic heterocycles. The molecule has 4 unspecified atom stereocenters. The topological polar surface area (TPSA) is 223 Å². The molecule has 3 saturated heterocycles. The molecular formula is C48H78N4O13. The van der Waals surface area contributed by atoms with Gasteiger partial charge in [0, 0.05) is 55.4 Å². The van der Waals surface area contributed by atoms with E-state index in [4.69, 9.17) is 33.2 Å². The minimum Gasteiger partial charge on any atom is -0.459 e. The Balaban J connectivity index is 1.62. The summed E-state index contributed by atoms with van der Waals surface area (Å²) in [7, 11) is 6.82. The van der Waals surface area contributed by atoms with Crippen molar-refractivity contribution in [2.45, 2.75) is 186 Å². The summed E-state index contributed by atoms with van der Waals surface area (Å²) >= 11 is 0. The number of rotatable bonds is 11. The lowest BCUT2D eigenvalue weighted by molar-refractivity contribution is -0.319. The Morgan fingerprint density at radius 2 is 1.60 bits per heavy atom. The standard InChI is InChI=1S/C48H78N4O13/c1-15-35-48(10,58)41(55)27(4)38(51-50-36(53)22-32-21-31-18-16-17-19-33(31)49-32)25(2)23-47(9,60-14)43(65-45-39(54)34(52(11)12)20-26(3)61-45)28(5)40(29(6)44(57)63-35)64-37-24-46(8,59-13)42(56)30(7)62-37/h16-19,21,25-30,34-35,37,39-43,45,49,54-56,58H,15,20,22-24H2,1-14H3,(H,50,53)/b51-38+/t25-,26?,27+,28+,29-,30+,34?,35-,37+,39?,40+,41-,42+,43-,45?,46-,47-,48-/m1/s1. The first-order valence-corrected chi connectivity index (χ1v) is 23.2. The van der Waals surface area contributed by atoms with Crippen molar-refractivity contribution in [3.05, 3.63) is 36.0 Å². The normalized spacial score (nSPS) is 42.2. The van der Waals surface area contributed by atoms with E-state index < -0.39 is 108 Å². The quantitative estimate of drug-likeness (QED) is 0.138. The highest BCUT2D eigenvalue weighted by atomic mass is 16.7. The molecule has 1 aromatic heterocycles. The van der Waals surface area contributed by atoms with Crippen LogP contribution in [0.5, 0.6) is 0 Å². The number of likely N-dealkylation sites (N-methyl/N-ethyl adjacent to an activating group) is 1. The maximum Gasteiger partial charge on any atom is 0.311 e. The van der Waals surface area contributed by atoms with E-state index in [0.717, 1.165) is 10.9 Å². The van der Waals surface area contributed by atoms with Crippen molar-refractivity contribution >= 4 is 28.5 Å². The maximum atomic E-state index is 14.6. The molecule has 4 heterocycles. The van der Waals surface area contributed by atoms with E-state index in [2.05, 4.69) is 15.5 Å². The summed E-state index contributed by atoms with van der Waals surface area (Å²) in [5.41, 5.74) is 0.307. The van der Waals surface area contributed by atoms with Crippen LogP contribution >= 0.6 is 0 Å². The molecule has 17 nitrogen and oxygen atoms in total. The number of nitrogens with one attached hydrogen (secondary N) is 2. The molecule has 18 atom stereocenters. The third kappa shape index (κ3) is 11.6. The summed E-state index contributed by atoms with van der Waals surface area (Å²) in [6, 6.07) is 9.30. The fraction of sp³-hybridized carbons (Fsp3) is 0.771. The Kier molecular flexibility index (Phi) is 17.5. The van der Waals surface area contributed by atoms with Crippen LogP contribution in [0.4, 0.5) is 0 Å². The van der Waals surface area contributed by atoms with E-state index in [1.54, 1.807) is 41.7 Å². The number of carbonyl (C=O) groups is 2. The number of methoxy groups -OCH3 is 2. The average Bonchev–Trinajstić information content (AvgIpc) is 3.67. The number of para-hydroxylation sites is 1. The van der Waals surface area contributed by atoms with Gasteiger partial charge in [0.1, 0.15) is 23.9 Å². The van der Waals surface area contributed by atoms with Crippen molar-refractivity contribution in [2.24, 2.45) is 28.8 Å². The van der Waals surface area contributed by atoms with Gasteiger partial charge in [-0.2, -0.15) is 5.10 Å². The van der Waals surface area contributed by atoms with Gasteiger partial charge < -0.3 is 63.5 Å². The van der Waals surface area contributed by atoms with Crippen LogP contribution < -0.4 is 5.43 Å². The number of hydrogen-bond acceptors (Lipinski definition) is 15. The molecule has 0 aliphatic carbocycles. The van der Waals surface area contributed by atoms with E-state index in [9.17, 15) is 30.0 Å². The molecule has 2 aromatic rings. The van der Waals surface area contributed by atoms with Crippen LogP contribution in [0.3, 0.4) is 0 Å². The first-order chi connectivity index (χ1) is 30.4. The van der Waals surface area contributed by atoms with Crippen LogP contribution in [0.25, 0.3) is 10.9 Å². The van der Waals surface area contributed by atoms with E-state index >= 15 is 0 Å². The van der Waals surface area contributed by atoms with Gasteiger partial charge in [0.25, 0.3) is 0 Å². The molecule has 0 saturated carbocycles. The number of amides is 1. The highest BCUT2D eigenvalue weighted by molar-refractivity contribution is 5.91. The smallest absolute Gasteiger partial charge is 0.311 e. The predicted molar refractivity (Wildman–Crippen MR) is 244 cm³/mol. The molecule has 0 bridgehead atoms. The largest absolute Gasteiger partial charge is 0.459 e. The van der Waals surface area contributed by atoms with Crippen molar-refractivity contribution in [1.29, 1.82) is 0 Å². The molecule has 1 amide bonds. The zero-order chi connectivity index (χ0) is 48.3. The monoisotopic (exact) mass is 919 g/mol. The average molecular weight is 919 g/mol. The molecule has 0 radical (unpaired) electrons. The summed E-state index contributed by atoms with van der Waals surface area (Å²) in [4.78, 5) is 33.3. The number of benzene rings is 1. The Bertz CT molecular complexity index is 1890. The number of ether oxygens (including phenoxy) is 7. The Morgan fingerprint density at radius 1 is 0.938 bits per heavy atom. The second-order valence-electron chi connectivity index (χ2n) is 19.9. The molecule has 6 N–H and O–H groups in total. The number of hydrogen-bond donors (Lipinski definition) is 6. The van der Waals surface area contributed by atoms with E-state index in [-0.39, 0.29) is 37.8 Å². The van der Waals surface area contributed by atoms with Gasteiger partial charge in [-0.15, -0.1) is 0 Å². The zero-order valence-electron chi connectivity index (χ0n) is 40.9. The van der Waals surface area contributed by atoms with Gasteiger partial charge in [0.05, 0.1) is 54.1 Å². The molecule has 65 heavy (non-hydrogen) atoms. The Labute approximate surface area is 384 Å². The third-order valence-corrected chi connectivity index (χ3v) is 14.6. The summed E-state index contributed by atoms with van der Waals surface area (Å²) < 4.78 is 44.9. The predicted octanol–water partition coefficient (Wildman–Crippen LogP) is 4.07. The van der Waals surface area contributed by atoms with Gasteiger partial charge in [-0.1, -0.05) is 45.9 Å². The van der Waals surface area contributed by atoms with E-state index in [1.165, 1.54) is 14.0 Å². The van der Waals surface area contributed by atoms with Crippen LogP contribution in [0.15, 0.2) is 35.4 Å². The number of fused-ring (bicyclic) bond motifs is 1. The van der Waals surface area contributed by atoms with Crippen molar-refractivity contribution in [3.8, 4) is 0 Å². The summed E-state index contributed by atoms with van der Waals surface area (Å²) in [5.74, 6) is -4.37. The number of H-pyrrole nitrogens is 1. The minimum atomic E-state index is -1.99. The molecule has 368 valence electrons. The Hall–Kier alpha value is -3.07. The van der Waals surface area contributed by atoms with Crippen LogP contribution in [0.2, 0.25) is 0 Å². The second-order valence-corrected chi connectivity index (χ2v) is 19.9. The molecule has 5 rings (SSSR count). The lowest BCUT2D eigenvalue weighted by Gasteiger charge is -2.50. The number of esters is 1. The fourth-order valence-corrected chi connectivity index (χ4v) is 10.4. The molecule has 3 aliphatic rings. The fourth-order valence-electron chi connectivity index (χ4n) is 10.4. The number of aromatic amines is 1. The first kappa shape index (κ1) is 52.9. The number of aromatic nitrogens is 1. The van der Waals surface area contributed by atoms with Gasteiger partial charge >= 0.3 is 5.97 Å². The highest BCUT2D eigenvalue weighted by Crippen LogP contribution is 2.42. The number of aliphatic hydroxyl groups excluding tert-OH is 3. The third-order valence-electron chi connectivity index (χ3n) is 14.6. The van der Waals surface area contributed by atoms with E-state index in [1.807, 2.05) is 77.0 Å². The van der Waals surface area contributed by atoms with Gasteiger partial charge in [-0.3, -0.25) is 9.59 Å². The van der Waals surface area contributed by atoms with Gasteiger partial charge in [-0.25, -0.2) is 5.43 Å². The van der Waals surface area contributed by atoms with Crippen molar-refractivity contribution in [1.82, 2.24) is 15.3 Å². The zero-order valence-corrected chi connectivity index (χ0v) is 40.9. The summed E-state index contributed by atoms with van der Waals surface area (Å²) in [6.07, 6.45) is -8.96. The van der Waals surface area contributed by atoms with Crippen molar-refractivity contribution in [3.63, 3.8) is 0 Å². The summed E-state index contributed by atoms with van der Waals surface area (Å²) in [6.45, 7) is 17.6. The maximum absolute atomic E-state index is 14.6. The van der Waals surface area contributed by atoms with Gasteiger partial charge in [0.15, 0.2) is 12.6 Å². The number of nitrogens with zero attached hydrogens (tertiary/aromatic N) is 2. The van der Waals surface area contributed by atoms with Crippen LogP contribution in [-0.4, -0.2) is 160 Å². The van der Waals surface area contributed by atoms with E-state index in [0.29, 0.717) is 17.8 Å². The lowest BCUT2D eigenvalue weighted by atomic mass is 9.73. The SMILES string of the molecule is CC[C@H]1OC(=O)[C@H](C)[C@@H](O[C@H]2C[C@@](C)(OC)[C@@H](O)[C@H](C)O2)[C@H](C)[C@@H](OC2OC(C)CC(N(C)C)C2O)[C@](C)(OC)C[C@@H](C)/C(=N\NC(=O)Cc2cc3ccccc3[nH]2)[C@H](C)[C@@H](O)[C@]1(C)O. The second kappa shape index (κ2) is 21.5. The number of hydrazone groups is 1. The molecule has 0 spiro atoms. The number of cyclic esters (lactones) is 1. The highest BCUT2D eigenvalue weighted by Gasteiger charge is 2.54. The van der Waals surface area contributed by atoms with Crippen molar-refractivity contribution in [2.75, 3.05) is 28.3 Å². The van der Waals surface area contributed by atoms with Crippen molar-refractivity contribution < 1.29 is 63.2 Å². The molecule has 3 fully saturated rings. The van der Waals surface area contributed by atoms with Gasteiger partial charge in [0.2, 0.25) is 5.91 Å². The molecular weight excluding hydrogens is 841 g/mol. The molecule has 1 aromatic carbocycles. The number of carbonyl (C=O) groups excluding carboxylic acids is 2. The first-order valence-electron chi connectivity index (χ1n) is 23.2. The minimum absolute atomic E-state index is 0.00675. The van der Waals surface area contributed by atoms with Crippen LogP contribution in [0.1, 0.15) is 101 Å². The lowest BCUT2D eigenvalue weighted by Crippen LogP contribution is -2.61. The van der Waals surface area contributed by atoms with Crippen LogP contribution in [0, 0.1) is 23.7 Å². The molecule has 17 heteroatoms.